The Morgan fingerprint density at radius 1 is 0.735 bits per heavy atom. The average Bonchev–Trinajstić information content (AvgIpc) is 3.98. The van der Waals surface area contributed by atoms with Crippen molar-refractivity contribution in [2.24, 2.45) is 0 Å². The first-order chi connectivity index (χ1) is 32.4. The van der Waals surface area contributed by atoms with Crippen LogP contribution < -0.4 is 19.5 Å². The monoisotopic (exact) mass is 966 g/mol. The van der Waals surface area contributed by atoms with Gasteiger partial charge in [0, 0.05) is 25.2 Å². The van der Waals surface area contributed by atoms with E-state index in [0.717, 1.165) is 9.87 Å². The van der Waals surface area contributed by atoms with E-state index in [-0.39, 0.29) is 47.9 Å². The van der Waals surface area contributed by atoms with E-state index in [1.165, 1.54) is 38.3 Å². The first kappa shape index (κ1) is 48.6. The molecule has 1 amide bonds. The van der Waals surface area contributed by atoms with Crippen LogP contribution in [0.4, 0.5) is 4.79 Å². The highest BCUT2D eigenvalue weighted by molar-refractivity contribution is 7.93. The summed E-state index contributed by atoms with van der Waals surface area (Å²) in [5.74, 6) is -0.175. The SMILES string of the molecule is COC(=O)c1nc2c(-c3ccc(S(=O)(=O)CCNC(=O)OC(C)(C)C)c(S(=O)(=O)N(Cc4ccc(OC)cc4)Cc4ccc(OC)cc4)c3-c3nnn(Cc4ccc(OC)cc4)n3)cccc2[nH]1. The minimum absolute atomic E-state index is 0.0846. The number of imidazole rings is 1. The van der Waals surface area contributed by atoms with Crippen molar-refractivity contribution in [2.75, 3.05) is 40.7 Å². The molecule has 356 valence electrons. The van der Waals surface area contributed by atoms with Crippen molar-refractivity contribution in [3.63, 3.8) is 0 Å². The van der Waals surface area contributed by atoms with E-state index in [4.69, 9.17) is 28.8 Å². The summed E-state index contributed by atoms with van der Waals surface area (Å²) in [6.45, 7) is 4.15. The van der Waals surface area contributed by atoms with Gasteiger partial charge in [0.2, 0.25) is 21.7 Å². The van der Waals surface area contributed by atoms with Gasteiger partial charge in [-0.25, -0.2) is 31.4 Å². The fraction of sp³-hybridized carbons (Fsp3) is 0.277. The smallest absolute Gasteiger partial charge is 0.407 e. The number of carbonyl (C=O) groups is 2. The molecule has 0 aliphatic carbocycles. The van der Waals surface area contributed by atoms with E-state index in [2.05, 4.69) is 25.6 Å². The summed E-state index contributed by atoms with van der Waals surface area (Å²) in [5, 5.41) is 15.9. The molecule has 21 heteroatoms. The molecule has 0 atom stereocenters. The number of aromatic nitrogens is 6. The molecule has 2 aromatic heterocycles. The zero-order chi connectivity index (χ0) is 48.8. The molecular formula is C47H50N8O11S2. The number of carbonyl (C=O) groups excluding carboxylic acids is 2. The van der Waals surface area contributed by atoms with Crippen LogP contribution in [0.15, 0.2) is 113 Å². The van der Waals surface area contributed by atoms with Gasteiger partial charge < -0.3 is 34.0 Å². The number of esters is 1. The van der Waals surface area contributed by atoms with Gasteiger partial charge in [0.1, 0.15) is 27.7 Å². The number of amides is 1. The zero-order valence-corrected chi connectivity index (χ0v) is 40.0. The maximum absolute atomic E-state index is 16.1. The van der Waals surface area contributed by atoms with Gasteiger partial charge in [-0.2, -0.15) is 9.10 Å². The molecule has 7 rings (SSSR count). The van der Waals surface area contributed by atoms with E-state index in [0.29, 0.717) is 39.5 Å². The number of sulfone groups is 1. The first-order valence-electron chi connectivity index (χ1n) is 21.0. The van der Waals surface area contributed by atoms with Gasteiger partial charge in [0.25, 0.3) is 0 Å². The number of aromatic amines is 1. The van der Waals surface area contributed by atoms with Crippen molar-refractivity contribution in [3.8, 4) is 39.8 Å². The lowest BCUT2D eigenvalue weighted by Gasteiger charge is -2.26. The second-order valence-corrected chi connectivity index (χ2v) is 20.3. The van der Waals surface area contributed by atoms with Crippen LogP contribution in [0.3, 0.4) is 0 Å². The number of H-pyrrole nitrogens is 1. The average molecular weight is 967 g/mol. The normalized spacial score (nSPS) is 11.9. The van der Waals surface area contributed by atoms with Gasteiger partial charge in [-0.15, -0.1) is 10.2 Å². The van der Waals surface area contributed by atoms with Crippen molar-refractivity contribution in [1.82, 2.24) is 39.8 Å². The molecule has 0 bridgehead atoms. The number of hydrogen-bond donors (Lipinski definition) is 2. The van der Waals surface area contributed by atoms with Crippen LogP contribution in [0.1, 0.15) is 48.1 Å². The minimum atomic E-state index is -4.99. The number of sulfonamides is 1. The quantitative estimate of drug-likeness (QED) is 0.0881. The molecule has 7 aromatic rings. The Morgan fingerprint density at radius 3 is 1.85 bits per heavy atom. The number of alkyl carbamates (subject to hydrolysis) is 1. The van der Waals surface area contributed by atoms with E-state index >= 15 is 8.42 Å². The molecule has 0 unspecified atom stereocenters. The molecule has 68 heavy (non-hydrogen) atoms. The van der Waals surface area contributed by atoms with Gasteiger partial charge in [0.05, 0.1) is 62.2 Å². The zero-order valence-electron chi connectivity index (χ0n) is 38.3. The number of rotatable bonds is 18. The number of hydrogen-bond acceptors (Lipinski definition) is 15. The Morgan fingerprint density at radius 2 is 1.31 bits per heavy atom. The Hall–Kier alpha value is -7.36. The van der Waals surface area contributed by atoms with E-state index < -0.39 is 59.6 Å². The van der Waals surface area contributed by atoms with Crippen molar-refractivity contribution in [2.45, 2.75) is 55.8 Å². The molecule has 0 radical (unpaired) electrons. The Bertz CT molecular complexity index is 3100. The first-order valence-corrected chi connectivity index (χ1v) is 24.1. The van der Waals surface area contributed by atoms with Crippen LogP contribution in [-0.2, 0) is 49.0 Å². The highest BCUT2D eigenvalue weighted by atomic mass is 32.2. The Balaban J connectivity index is 1.50. The second kappa shape index (κ2) is 20.2. The van der Waals surface area contributed by atoms with Crippen LogP contribution in [0, 0.1) is 0 Å². The lowest BCUT2D eigenvalue weighted by molar-refractivity contribution is 0.0529. The van der Waals surface area contributed by atoms with Gasteiger partial charge in [0.15, 0.2) is 9.84 Å². The van der Waals surface area contributed by atoms with E-state index in [1.54, 1.807) is 119 Å². The fourth-order valence-corrected chi connectivity index (χ4v) is 10.8. The lowest BCUT2D eigenvalue weighted by atomic mass is 9.98. The molecule has 0 aliphatic heterocycles. The summed E-state index contributed by atoms with van der Waals surface area (Å²) in [6.07, 6.45) is -0.863. The van der Waals surface area contributed by atoms with Crippen molar-refractivity contribution in [1.29, 1.82) is 0 Å². The number of nitrogens with zero attached hydrogens (tertiary/aromatic N) is 6. The number of benzene rings is 5. The van der Waals surface area contributed by atoms with Crippen LogP contribution in [-0.4, -0.2) is 110 Å². The standard InChI is InChI=1S/C47H50N8O11S2/c1-47(2,3)66-46(57)48-25-26-67(58,59)39-24-23-36(37-9-8-10-38-41(37)50-44(49-38)45(56)65-7)40(43-51-53-55(52-43)29-32-15-21-35(64-6)22-16-32)42(39)68(60,61)54(27-30-11-17-33(62-4)18-12-30)28-31-13-19-34(63-5)20-14-31/h8-24H,25-29H2,1-7H3,(H,48,57)(H,49,50). The fourth-order valence-electron chi connectivity index (χ4n) is 7.19. The number of ether oxygens (including phenoxy) is 5. The van der Waals surface area contributed by atoms with Crippen molar-refractivity contribution < 1.29 is 50.1 Å². The van der Waals surface area contributed by atoms with Gasteiger partial charge >= 0.3 is 12.1 Å². The number of para-hydroxylation sites is 1. The number of nitrogens with one attached hydrogen (secondary N) is 2. The van der Waals surface area contributed by atoms with Crippen LogP contribution >= 0.6 is 0 Å². The molecule has 0 saturated heterocycles. The topological polar surface area (TPSA) is 236 Å². The highest BCUT2D eigenvalue weighted by Gasteiger charge is 2.38. The molecule has 5 aromatic carbocycles. The van der Waals surface area contributed by atoms with Crippen molar-refractivity contribution >= 4 is 43.0 Å². The second-order valence-electron chi connectivity index (χ2n) is 16.3. The summed E-state index contributed by atoms with van der Waals surface area (Å²) in [5.41, 5.74) is 1.79. The minimum Gasteiger partial charge on any atom is -0.497 e. The van der Waals surface area contributed by atoms with E-state index in [9.17, 15) is 18.0 Å². The molecular weight excluding hydrogens is 917 g/mol. The maximum atomic E-state index is 16.1. The Kier molecular flexibility index (Phi) is 14.5. The van der Waals surface area contributed by atoms with Crippen LogP contribution in [0.25, 0.3) is 33.5 Å². The van der Waals surface area contributed by atoms with Gasteiger partial charge in [-0.1, -0.05) is 54.6 Å². The summed E-state index contributed by atoms with van der Waals surface area (Å²) in [7, 11) is -3.85. The van der Waals surface area contributed by atoms with E-state index in [1.807, 2.05) is 0 Å². The largest absolute Gasteiger partial charge is 0.497 e. The third-order valence-electron chi connectivity index (χ3n) is 10.5. The highest BCUT2D eigenvalue weighted by Crippen LogP contribution is 2.43. The van der Waals surface area contributed by atoms with Crippen LogP contribution in [0.5, 0.6) is 17.2 Å². The summed E-state index contributed by atoms with van der Waals surface area (Å²) in [6, 6.07) is 28.3. The van der Waals surface area contributed by atoms with Gasteiger partial charge in [-0.3, -0.25) is 0 Å². The third kappa shape index (κ3) is 11.1. The number of methoxy groups -OCH3 is 4. The number of fused-ring (bicyclic) bond motifs is 1. The summed E-state index contributed by atoms with van der Waals surface area (Å²) >= 11 is 0. The van der Waals surface area contributed by atoms with Crippen molar-refractivity contribution in [3.05, 3.63) is 126 Å². The molecule has 0 aliphatic rings. The molecule has 0 fully saturated rings. The molecule has 19 nitrogen and oxygen atoms in total. The predicted molar refractivity (Wildman–Crippen MR) is 250 cm³/mol. The van der Waals surface area contributed by atoms with Gasteiger partial charge in [-0.05, 0) is 96.8 Å². The molecule has 0 spiro atoms. The summed E-state index contributed by atoms with van der Waals surface area (Å²) in [4.78, 5) is 32.9. The number of tetrazole rings is 1. The maximum Gasteiger partial charge on any atom is 0.407 e. The lowest BCUT2D eigenvalue weighted by Crippen LogP contribution is -2.35. The molecule has 2 N–H and O–H groups in total. The molecule has 2 heterocycles. The molecule has 0 saturated carbocycles. The summed E-state index contributed by atoms with van der Waals surface area (Å²) < 4.78 is 89.3. The van der Waals surface area contributed by atoms with Crippen LogP contribution in [0.2, 0.25) is 0 Å². The Labute approximate surface area is 393 Å². The third-order valence-corrected chi connectivity index (χ3v) is 14.2. The predicted octanol–water partition coefficient (Wildman–Crippen LogP) is 6.43.